The number of hydrogen-bond donors (Lipinski definition) is 1. The van der Waals surface area contributed by atoms with Gasteiger partial charge >= 0.3 is 5.97 Å². The van der Waals surface area contributed by atoms with E-state index in [-0.39, 0.29) is 5.57 Å². The molecule has 3 nitrogen and oxygen atoms in total. The maximum atomic E-state index is 11.1. The molecule has 0 aliphatic heterocycles. The second kappa shape index (κ2) is 5.45. The molecular formula is C15H13BrO3. The fraction of sp³-hybridized carbons (Fsp3) is 0.133. The molecule has 2 rings (SSSR count). The number of hydrogen-bond acceptors (Lipinski definition) is 2. The highest BCUT2D eigenvalue weighted by Crippen LogP contribution is 2.38. The maximum absolute atomic E-state index is 11.1. The molecule has 2 aromatic carbocycles. The molecule has 19 heavy (non-hydrogen) atoms. The van der Waals surface area contributed by atoms with E-state index in [4.69, 9.17) is 9.84 Å². The summed E-state index contributed by atoms with van der Waals surface area (Å²) in [5.74, 6) is -0.312. The van der Waals surface area contributed by atoms with Gasteiger partial charge in [0.05, 0.1) is 7.11 Å². The summed E-state index contributed by atoms with van der Waals surface area (Å²) in [6, 6.07) is 11.6. The first kappa shape index (κ1) is 13.6. The SMILES string of the molecule is COc1ccc2ccccc2c1/C(Br)=C(/C)C(=O)O. The second-order valence-electron chi connectivity index (χ2n) is 4.11. The zero-order chi connectivity index (χ0) is 14.0. The Labute approximate surface area is 119 Å². The van der Waals surface area contributed by atoms with Crippen LogP contribution in [0.25, 0.3) is 15.3 Å². The lowest BCUT2D eigenvalue weighted by Gasteiger charge is -2.12. The Kier molecular flexibility index (Phi) is 3.90. The smallest absolute Gasteiger partial charge is 0.332 e. The summed E-state index contributed by atoms with van der Waals surface area (Å²) < 4.78 is 5.88. The van der Waals surface area contributed by atoms with Crippen LogP contribution in [0.1, 0.15) is 12.5 Å². The van der Waals surface area contributed by atoms with E-state index in [9.17, 15) is 4.79 Å². The predicted octanol–water partition coefficient (Wildman–Crippen LogP) is 4.06. The minimum Gasteiger partial charge on any atom is -0.496 e. The standard InChI is InChI=1S/C15H13BrO3/c1-9(15(17)18)14(16)13-11-6-4-3-5-10(11)7-8-12(13)19-2/h3-8H,1-2H3,(H,17,18)/b14-9+. The van der Waals surface area contributed by atoms with Crippen molar-refractivity contribution in [3.63, 3.8) is 0 Å². The largest absolute Gasteiger partial charge is 0.496 e. The van der Waals surface area contributed by atoms with Gasteiger partial charge in [-0.15, -0.1) is 0 Å². The number of carboxylic acid groups (broad SMARTS) is 1. The Morgan fingerprint density at radius 3 is 2.53 bits per heavy atom. The molecule has 0 amide bonds. The summed E-state index contributed by atoms with van der Waals surface area (Å²) in [6.45, 7) is 1.56. The normalized spacial score (nSPS) is 12.2. The van der Waals surface area contributed by atoms with Crippen molar-refractivity contribution < 1.29 is 14.6 Å². The summed E-state index contributed by atoms with van der Waals surface area (Å²) in [7, 11) is 1.57. The van der Waals surface area contributed by atoms with E-state index in [1.807, 2.05) is 36.4 Å². The van der Waals surface area contributed by atoms with Gasteiger partial charge in [0.2, 0.25) is 0 Å². The number of ether oxygens (including phenoxy) is 1. The number of aliphatic carboxylic acids is 1. The lowest BCUT2D eigenvalue weighted by atomic mass is 10.0. The van der Waals surface area contributed by atoms with Crippen molar-refractivity contribution in [2.45, 2.75) is 6.92 Å². The van der Waals surface area contributed by atoms with Crippen LogP contribution in [-0.4, -0.2) is 18.2 Å². The van der Waals surface area contributed by atoms with Crippen molar-refractivity contribution in [2.24, 2.45) is 0 Å². The van der Waals surface area contributed by atoms with Gasteiger partial charge in [0.1, 0.15) is 5.75 Å². The lowest BCUT2D eigenvalue weighted by molar-refractivity contribution is -0.132. The van der Waals surface area contributed by atoms with Gasteiger partial charge in [-0.25, -0.2) is 4.79 Å². The fourth-order valence-corrected chi connectivity index (χ4v) is 2.51. The highest BCUT2D eigenvalue weighted by molar-refractivity contribution is 9.15. The second-order valence-corrected chi connectivity index (χ2v) is 4.90. The zero-order valence-electron chi connectivity index (χ0n) is 10.6. The predicted molar refractivity (Wildman–Crippen MR) is 79.7 cm³/mol. The number of halogens is 1. The van der Waals surface area contributed by atoms with Crippen LogP contribution in [0.15, 0.2) is 42.0 Å². The zero-order valence-corrected chi connectivity index (χ0v) is 12.2. The average molecular weight is 321 g/mol. The van der Waals surface area contributed by atoms with Crippen LogP contribution >= 0.6 is 15.9 Å². The molecular weight excluding hydrogens is 308 g/mol. The summed E-state index contributed by atoms with van der Waals surface area (Å²) in [5.41, 5.74) is 1.01. The molecule has 0 unspecified atom stereocenters. The van der Waals surface area contributed by atoms with Crippen LogP contribution in [0, 0.1) is 0 Å². The third kappa shape index (κ3) is 2.49. The van der Waals surface area contributed by atoms with Gasteiger partial charge in [-0.3, -0.25) is 0 Å². The molecule has 0 fully saturated rings. The lowest BCUT2D eigenvalue weighted by Crippen LogP contribution is -1.99. The van der Waals surface area contributed by atoms with Gasteiger partial charge in [0.25, 0.3) is 0 Å². The molecule has 0 aromatic heterocycles. The fourth-order valence-electron chi connectivity index (χ4n) is 1.93. The van der Waals surface area contributed by atoms with Gasteiger partial charge in [-0.1, -0.05) is 30.3 Å². The van der Waals surface area contributed by atoms with Gasteiger partial charge in [-0.05, 0) is 39.7 Å². The maximum Gasteiger partial charge on any atom is 0.332 e. The van der Waals surface area contributed by atoms with Crippen molar-refractivity contribution in [1.29, 1.82) is 0 Å². The molecule has 0 bridgehead atoms. The summed E-state index contributed by atoms with van der Waals surface area (Å²) in [4.78, 5) is 11.1. The molecule has 98 valence electrons. The average Bonchev–Trinajstić information content (AvgIpc) is 2.44. The Morgan fingerprint density at radius 2 is 1.89 bits per heavy atom. The molecule has 0 saturated carbocycles. The number of carboxylic acids is 1. The number of fused-ring (bicyclic) bond motifs is 1. The van der Waals surface area contributed by atoms with Crippen molar-refractivity contribution in [3.8, 4) is 5.75 Å². The quantitative estimate of drug-likeness (QED) is 0.867. The molecule has 1 N–H and O–H groups in total. The van der Waals surface area contributed by atoms with E-state index in [1.165, 1.54) is 0 Å². The van der Waals surface area contributed by atoms with Crippen LogP contribution in [0.4, 0.5) is 0 Å². The number of methoxy groups -OCH3 is 1. The monoisotopic (exact) mass is 320 g/mol. The topological polar surface area (TPSA) is 46.5 Å². The summed E-state index contributed by atoms with van der Waals surface area (Å²) >= 11 is 3.38. The molecule has 0 saturated heterocycles. The van der Waals surface area contributed by atoms with E-state index in [0.717, 1.165) is 16.3 Å². The number of rotatable bonds is 3. The number of carbonyl (C=O) groups is 1. The first-order chi connectivity index (χ1) is 9.06. The molecule has 0 heterocycles. The van der Waals surface area contributed by atoms with Gasteiger partial charge < -0.3 is 9.84 Å². The third-order valence-corrected chi connectivity index (χ3v) is 3.97. The van der Waals surface area contributed by atoms with E-state index < -0.39 is 5.97 Å². The Balaban J connectivity index is 2.83. The Hall–Kier alpha value is -1.81. The van der Waals surface area contributed by atoms with Crippen molar-refractivity contribution in [3.05, 3.63) is 47.5 Å². The Bertz CT molecular complexity index is 674. The molecule has 4 heteroatoms. The molecule has 0 spiro atoms. The van der Waals surface area contributed by atoms with Crippen molar-refractivity contribution in [1.82, 2.24) is 0 Å². The number of benzene rings is 2. The van der Waals surface area contributed by atoms with Gasteiger partial charge in [0, 0.05) is 15.6 Å². The van der Waals surface area contributed by atoms with Crippen molar-refractivity contribution in [2.75, 3.05) is 7.11 Å². The van der Waals surface area contributed by atoms with Crippen LogP contribution in [-0.2, 0) is 4.79 Å². The van der Waals surface area contributed by atoms with E-state index in [0.29, 0.717) is 10.2 Å². The van der Waals surface area contributed by atoms with Crippen LogP contribution in [0.2, 0.25) is 0 Å². The minimum atomic E-state index is -0.957. The van der Waals surface area contributed by atoms with E-state index in [1.54, 1.807) is 14.0 Å². The first-order valence-corrected chi connectivity index (χ1v) is 6.51. The van der Waals surface area contributed by atoms with Crippen LogP contribution < -0.4 is 4.74 Å². The third-order valence-electron chi connectivity index (χ3n) is 2.98. The van der Waals surface area contributed by atoms with E-state index >= 15 is 0 Å². The van der Waals surface area contributed by atoms with Gasteiger partial charge in [-0.2, -0.15) is 0 Å². The molecule has 2 aromatic rings. The highest BCUT2D eigenvalue weighted by atomic mass is 79.9. The van der Waals surface area contributed by atoms with Crippen LogP contribution in [0.3, 0.4) is 0 Å². The molecule has 0 radical (unpaired) electrons. The van der Waals surface area contributed by atoms with E-state index in [2.05, 4.69) is 15.9 Å². The highest BCUT2D eigenvalue weighted by Gasteiger charge is 2.16. The van der Waals surface area contributed by atoms with Crippen LogP contribution in [0.5, 0.6) is 5.75 Å². The molecule has 0 atom stereocenters. The van der Waals surface area contributed by atoms with Gasteiger partial charge in [0.15, 0.2) is 0 Å². The minimum absolute atomic E-state index is 0.245. The summed E-state index contributed by atoms with van der Waals surface area (Å²) in [5, 5.41) is 11.1. The van der Waals surface area contributed by atoms with Crippen molar-refractivity contribution >= 4 is 37.2 Å². The summed E-state index contributed by atoms with van der Waals surface area (Å²) in [6.07, 6.45) is 0. The first-order valence-electron chi connectivity index (χ1n) is 5.72. The Morgan fingerprint density at radius 1 is 1.21 bits per heavy atom. The molecule has 0 aliphatic carbocycles. The molecule has 0 aliphatic rings.